The summed E-state index contributed by atoms with van der Waals surface area (Å²) < 4.78 is 33.2. The Balaban J connectivity index is 0.00000171. The summed E-state index contributed by atoms with van der Waals surface area (Å²) in [4.78, 5) is 4.82. The summed E-state index contributed by atoms with van der Waals surface area (Å²) in [6, 6.07) is 12.1. The fourth-order valence-corrected chi connectivity index (χ4v) is 5.21. The molecule has 1 fully saturated rings. The molecule has 0 aliphatic carbocycles. The van der Waals surface area contributed by atoms with Crippen LogP contribution < -0.4 is 4.74 Å². The van der Waals surface area contributed by atoms with Crippen LogP contribution in [-0.4, -0.2) is 62.5 Å². The molecular weight excluding hydrogens is 481 g/mol. The van der Waals surface area contributed by atoms with Crippen molar-refractivity contribution in [1.29, 1.82) is 0 Å². The highest BCUT2D eigenvalue weighted by atomic mass is 35.5. The van der Waals surface area contributed by atoms with Gasteiger partial charge in [0, 0.05) is 49.3 Å². The van der Waals surface area contributed by atoms with E-state index >= 15 is 0 Å². The smallest absolute Gasteiger partial charge is 0.268 e. The molecule has 1 aliphatic heterocycles. The number of piperazine rings is 1. The summed E-state index contributed by atoms with van der Waals surface area (Å²) in [5.41, 5.74) is 1.44. The van der Waals surface area contributed by atoms with E-state index in [2.05, 4.69) is 16.8 Å². The minimum Gasteiger partial charge on any atom is -0.497 e. The second kappa shape index (κ2) is 10.4. The monoisotopic (exact) mass is 505 g/mol. The van der Waals surface area contributed by atoms with Crippen molar-refractivity contribution < 1.29 is 13.2 Å². The first kappa shape index (κ1) is 25.8. The van der Waals surface area contributed by atoms with Gasteiger partial charge in [-0.05, 0) is 55.1 Å². The van der Waals surface area contributed by atoms with E-state index < -0.39 is 10.0 Å². The van der Waals surface area contributed by atoms with Crippen molar-refractivity contribution in [2.24, 2.45) is 0 Å². The molecule has 0 spiro atoms. The molecule has 0 saturated carbocycles. The molecule has 10 heteroatoms. The molecule has 0 atom stereocenters. The number of methoxy groups -OCH3 is 1. The maximum atomic E-state index is 13.3. The highest BCUT2D eigenvalue weighted by Crippen LogP contribution is 2.28. The molecule has 6 nitrogen and oxygen atoms in total. The molecule has 4 rings (SSSR count). The maximum Gasteiger partial charge on any atom is 0.268 e. The van der Waals surface area contributed by atoms with Gasteiger partial charge in [-0.15, -0.1) is 24.8 Å². The fraction of sp³-hybridized carbons (Fsp3) is 0.333. The van der Waals surface area contributed by atoms with Gasteiger partial charge in [0.2, 0.25) is 0 Å². The van der Waals surface area contributed by atoms with Gasteiger partial charge in [0.25, 0.3) is 10.0 Å². The average Bonchev–Trinajstić information content (AvgIpc) is 3.15. The van der Waals surface area contributed by atoms with Gasteiger partial charge >= 0.3 is 0 Å². The largest absolute Gasteiger partial charge is 0.497 e. The van der Waals surface area contributed by atoms with Crippen molar-refractivity contribution in [1.82, 2.24) is 13.8 Å². The minimum atomic E-state index is -3.74. The van der Waals surface area contributed by atoms with E-state index in [0.29, 0.717) is 22.8 Å². The van der Waals surface area contributed by atoms with Gasteiger partial charge in [-0.25, -0.2) is 12.4 Å². The van der Waals surface area contributed by atoms with Crippen LogP contribution in [0.25, 0.3) is 10.9 Å². The number of hydrogen-bond acceptors (Lipinski definition) is 5. The molecular formula is C21H26Cl3N3O3S. The zero-order chi connectivity index (χ0) is 20.6. The van der Waals surface area contributed by atoms with Gasteiger partial charge in [0.05, 0.1) is 17.5 Å². The number of rotatable bonds is 5. The summed E-state index contributed by atoms with van der Waals surface area (Å²) in [6.45, 7) is 4.50. The van der Waals surface area contributed by atoms with Crippen LogP contribution >= 0.6 is 36.4 Å². The third kappa shape index (κ3) is 5.30. The number of nitrogens with zero attached hydrogens (tertiary/aromatic N) is 3. The van der Waals surface area contributed by atoms with E-state index in [-0.39, 0.29) is 29.7 Å². The number of benzene rings is 2. The topological polar surface area (TPSA) is 54.8 Å². The van der Waals surface area contributed by atoms with E-state index in [1.165, 1.54) is 3.97 Å². The normalized spacial score (nSPS) is 15.3. The minimum absolute atomic E-state index is 0. The van der Waals surface area contributed by atoms with Crippen molar-refractivity contribution in [3.8, 4) is 5.75 Å². The number of fused-ring (bicyclic) bond motifs is 1. The number of ether oxygens (including phenoxy) is 1. The summed E-state index contributed by atoms with van der Waals surface area (Å²) in [7, 11) is -0.0467. The SMILES string of the molecule is COc1ccc2c(ccn2S(=O)(=O)c2ccc(Cl)c(CN3CCN(C)CC3)c2)c1.Cl.Cl. The molecule has 1 aliphatic rings. The van der Waals surface area contributed by atoms with Crippen LogP contribution in [0.5, 0.6) is 5.75 Å². The van der Waals surface area contributed by atoms with Crippen LogP contribution in [0.1, 0.15) is 5.56 Å². The van der Waals surface area contributed by atoms with Gasteiger partial charge in [-0.3, -0.25) is 4.90 Å². The average molecular weight is 507 g/mol. The number of hydrogen-bond donors (Lipinski definition) is 0. The molecule has 0 radical (unpaired) electrons. The van der Waals surface area contributed by atoms with Crippen molar-refractivity contribution in [3.05, 3.63) is 59.2 Å². The van der Waals surface area contributed by atoms with Crippen LogP contribution in [0, 0.1) is 0 Å². The van der Waals surface area contributed by atoms with Crippen LogP contribution in [-0.2, 0) is 16.6 Å². The molecule has 2 heterocycles. The second-order valence-corrected chi connectivity index (χ2v) is 9.60. The Morgan fingerprint density at radius 3 is 2.39 bits per heavy atom. The van der Waals surface area contributed by atoms with Crippen LogP contribution in [0.2, 0.25) is 5.02 Å². The Morgan fingerprint density at radius 1 is 1.00 bits per heavy atom. The molecule has 31 heavy (non-hydrogen) atoms. The van der Waals surface area contributed by atoms with Crippen molar-refractivity contribution in [3.63, 3.8) is 0 Å². The molecule has 170 valence electrons. The summed E-state index contributed by atoms with van der Waals surface area (Å²) in [6.07, 6.45) is 1.58. The molecule has 1 saturated heterocycles. The molecule has 3 aromatic rings. The standard InChI is InChI=1S/C21H24ClN3O3S.2ClH/c1-23-9-11-24(12-10-23)15-17-14-19(4-5-20(17)22)29(26,27)25-8-7-16-13-18(28-2)3-6-21(16)25;;/h3-8,13-14H,9-12,15H2,1-2H3;2*1H. The van der Waals surface area contributed by atoms with Gasteiger partial charge < -0.3 is 9.64 Å². The highest BCUT2D eigenvalue weighted by molar-refractivity contribution is 7.90. The molecule has 0 N–H and O–H groups in total. The predicted octanol–water partition coefficient (Wildman–Crippen LogP) is 4.13. The number of likely N-dealkylation sites (N-methyl/N-ethyl adjacent to an activating group) is 1. The Morgan fingerprint density at radius 2 is 1.71 bits per heavy atom. The first-order valence-corrected chi connectivity index (χ1v) is 11.3. The fourth-order valence-electron chi connectivity index (χ4n) is 3.62. The van der Waals surface area contributed by atoms with E-state index in [4.69, 9.17) is 16.3 Å². The van der Waals surface area contributed by atoms with Crippen molar-refractivity contribution in [2.45, 2.75) is 11.4 Å². The lowest BCUT2D eigenvalue weighted by atomic mass is 10.2. The van der Waals surface area contributed by atoms with Crippen LogP contribution in [0.15, 0.2) is 53.6 Å². The Hall–Kier alpha value is -1.48. The summed E-state index contributed by atoms with van der Waals surface area (Å²) in [5, 5.41) is 1.39. The summed E-state index contributed by atoms with van der Waals surface area (Å²) in [5.74, 6) is 0.689. The van der Waals surface area contributed by atoms with Gasteiger partial charge in [0.15, 0.2) is 0 Å². The molecule has 0 bridgehead atoms. The third-order valence-electron chi connectivity index (χ3n) is 5.43. The van der Waals surface area contributed by atoms with Crippen molar-refractivity contribution in [2.75, 3.05) is 40.3 Å². The van der Waals surface area contributed by atoms with Crippen LogP contribution in [0.4, 0.5) is 0 Å². The zero-order valence-corrected chi connectivity index (χ0v) is 20.5. The Kier molecular flexibility index (Phi) is 8.67. The third-order valence-corrected chi connectivity index (χ3v) is 7.48. The lowest BCUT2D eigenvalue weighted by Crippen LogP contribution is -2.43. The lowest BCUT2D eigenvalue weighted by molar-refractivity contribution is 0.148. The van der Waals surface area contributed by atoms with Gasteiger partial charge in [-0.1, -0.05) is 11.6 Å². The van der Waals surface area contributed by atoms with E-state index in [1.54, 1.807) is 49.7 Å². The van der Waals surface area contributed by atoms with Crippen LogP contribution in [0.3, 0.4) is 0 Å². The predicted molar refractivity (Wildman–Crippen MR) is 130 cm³/mol. The quantitative estimate of drug-likeness (QED) is 0.521. The van der Waals surface area contributed by atoms with Gasteiger partial charge in [0.1, 0.15) is 5.75 Å². The molecule has 1 aromatic heterocycles. The maximum absolute atomic E-state index is 13.3. The van der Waals surface area contributed by atoms with E-state index in [0.717, 1.165) is 37.1 Å². The van der Waals surface area contributed by atoms with Crippen molar-refractivity contribution >= 4 is 57.3 Å². The number of aromatic nitrogens is 1. The first-order chi connectivity index (χ1) is 13.9. The second-order valence-electron chi connectivity index (χ2n) is 7.37. The lowest BCUT2D eigenvalue weighted by Gasteiger charge is -2.32. The summed E-state index contributed by atoms with van der Waals surface area (Å²) >= 11 is 6.39. The van der Waals surface area contributed by atoms with Gasteiger partial charge in [-0.2, -0.15) is 0 Å². The first-order valence-electron chi connectivity index (χ1n) is 9.48. The number of halogens is 3. The Labute approximate surface area is 200 Å². The highest BCUT2D eigenvalue weighted by Gasteiger charge is 2.22. The van der Waals surface area contributed by atoms with E-state index in [1.807, 2.05) is 6.07 Å². The Bertz CT molecular complexity index is 1140. The van der Waals surface area contributed by atoms with E-state index in [9.17, 15) is 8.42 Å². The molecule has 2 aromatic carbocycles. The molecule has 0 amide bonds. The zero-order valence-electron chi connectivity index (χ0n) is 17.3. The molecule has 0 unspecified atom stereocenters.